The quantitative estimate of drug-likeness (QED) is 0.603. The Morgan fingerprint density at radius 2 is 2.00 bits per heavy atom. The van der Waals surface area contributed by atoms with Gasteiger partial charge in [0.05, 0.1) is 17.0 Å². The number of carboxylic acids is 1. The number of benzene rings is 1. The number of hydrogen-bond donors (Lipinski definition) is 4. The summed E-state index contributed by atoms with van der Waals surface area (Å²) >= 11 is 0. The van der Waals surface area contributed by atoms with Crippen molar-refractivity contribution in [2.24, 2.45) is 5.14 Å². The van der Waals surface area contributed by atoms with Crippen LogP contribution in [0.2, 0.25) is 0 Å². The van der Waals surface area contributed by atoms with Gasteiger partial charge in [-0.05, 0) is 18.2 Å². The first-order chi connectivity index (χ1) is 9.19. The summed E-state index contributed by atoms with van der Waals surface area (Å²) in [5.74, 6) is -2.68. The molecule has 1 aromatic carbocycles. The summed E-state index contributed by atoms with van der Waals surface area (Å²) in [5, 5.41) is 17.6. The maximum atomic E-state index is 13.5. The highest BCUT2D eigenvalue weighted by molar-refractivity contribution is 7.89. The lowest BCUT2D eigenvalue weighted by Crippen LogP contribution is -2.34. The molecule has 5 N–H and O–H groups in total. The number of carboxylic acid groups (broad SMARTS) is 1. The van der Waals surface area contributed by atoms with Gasteiger partial charge >= 0.3 is 12.0 Å². The molecule has 0 aromatic heterocycles. The van der Waals surface area contributed by atoms with E-state index in [0.717, 1.165) is 18.2 Å². The van der Waals surface area contributed by atoms with Crippen molar-refractivity contribution in [3.8, 4) is 0 Å². The summed E-state index contributed by atoms with van der Waals surface area (Å²) in [6.07, 6.45) is 0. The Balaban J connectivity index is 2.60. The van der Waals surface area contributed by atoms with Gasteiger partial charge in [-0.3, -0.25) is 0 Å². The van der Waals surface area contributed by atoms with E-state index in [1.165, 1.54) is 0 Å². The third kappa shape index (κ3) is 5.20. The lowest BCUT2D eigenvalue weighted by atomic mass is 10.2. The number of sulfonamides is 1. The second kappa shape index (κ2) is 6.30. The van der Waals surface area contributed by atoms with E-state index in [1.54, 1.807) is 0 Å². The zero-order valence-corrected chi connectivity index (χ0v) is 10.9. The zero-order valence-electron chi connectivity index (χ0n) is 10.1. The molecule has 0 aliphatic carbocycles. The molecule has 0 aliphatic heterocycles. The molecule has 2 amide bonds. The Hall–Kier alpha value is -2.20. The SMILES string of the molecule is NS(=O)(=O)CCNC(=O)Nc1ccc(C(=O)O)cc1F. The van der Waals surface area contributed by atoms with Crippen LogP contribution < -0.4 is 15.8 Å². The standard InChI is InChI=1S/C10H12FN3O5S/c11-7-5-6(9(15)16)1-2-8(7)14-10(17)13-3-4-20(12,18)19/h1-2,5H,3-4H2,(H,15,16)(H2,12,18,19)(H2,13,14,17). The van der Waals surface area contributed by atoms with Crippen LogP contribution in [0, 0.1) is 5.82 Å². The van der Waals surface area contributed by atoms with Crippen molar-refractivity contribution >= 4 is 27.7 Å². The van der Waals surface area contributed by atoms with E-state index in [-0.39, 0.29) is 17.8 Å². The van der Waals surface area contributed by atoms with E-state index in [9.17, 15) is 22.4 Å². The van der Waals surface area contributed by atoms with Crippen LogP contribution in [0.25, 0.3) is 0 Å². The minimum absolute atomic E-state index is 0.233. The van der Waals surface area contributed by atoms with Crippen molar-refractivity contribution in [3.05, 3.63) is 29.6 Å². The van der Waals surface area contributed by atoms with Crippen LogP contribution in [0.4, 0.5) is 14.9 Å². The number of halogens is 1. The first-order valence-corrected chi connectivity index (χ1v) is 6.99. The van der Waals surface area contributed by atoms with Crippen molar-refractivity contribution in [1.29, 1.82) is 0 Å². The Morgan fingerprint density at radius 3 is 2.50 bits per heavy atom. The maximum Gasteiger partial charge on any atom is 0.335 e. The predicted molar refractivity (Wildman–Crippen MR) is 68.4 cm³/mol. The van der Waals surface area contributed by atoms with Gasteiger partial charge in [0.15, 0.2) is 0 Å². The molecule has 0 fully saturated rings. The van der Waals surface area contributed by atoms with Crippen molar-refractivity contribution in [1.82, 2.24) is 5.32 Å². The molecule has 8 nitrogen and oxygen atoms in total. The molecule has 20 heavy (non-hydrogen) atoms. The van der Waals surface area contributed by atoms with Crippen LogP contribution in [0.3, 0.4) is 0 Å². The number of aromatic carboxylic acids is 1. The highest BCUT2D eigenvalue weighted by atomic mass is 32.2. The molecule has 1 aromatic rings. The van der Waals surface area contributed by atoms with E-state index in [4.69, 9.17) is 10.2 Å². The Kier molecular flexibility index (Phi) is 5.00. The molecular formula is C10H12FN3O5S. The molecule has 0 aliphatic rings. The first kappa shape index (κ1) is 15.9. The molecule has 0 radical (unpaired) electrons. The van der Waals surface area contributed by atoms with E-state index >= 15 is 0 Å². The number of primary sulfonamides is 1. The lowest BCUT2D eigenvalue weighted by Gasteiger charge is -2.08. The van der Waals surface area contributed by atoms with Crippen LogP contribution in [-0.2, 0) is 10.0 Å². The van der Waals surface area contributed by atoms with Gasteiger partial charge in [-0.15, -0.1) is 0 Å². The van der Waals surface area contributed by atoms with Gasteiger partial charge in [-0.1, -0.05) is 0 Å². The number of nitrogens with two attached hydrogens (primary N) is 1. The number of urea groups is 1. The third-order valence-corrected chi connectivity index (χ3v) is 2.91. The summed E-state index contributed by atoms with van der Waals surface area (Å²) in [7, 11) is -3.70. The van der Waals surface area contributed by atoms with Crippen LogP contribution in [0.1, 0.15) is 10.4 Å². The molecular weight excluding hydrogens is 293 g/mol. The molecule has 10 heteroatoms. The normalized spacial score (nSPS) is 10.9. The van der Waals surface area contributed by atoms with Gasteiger partial charge in [0.1, 0.15) is 5.82 Å². The second-order valence-corrected chi connectivity index (χ2v) is 5.48. The van der Waals surface area contributed by atoms with Crippen molar-refractivity contribution in [3.63, 3.8) is 0 Å². The Morgan fingerprint density at radius 1 is 1.35 bits per heavy atom. The Labute approximate surface area is 113 Å². The van der Waals surface area contributed by atoms with E-state index < -0.39 is 33.6 Å². The number of amides is 2. The number of nitrogens with one attached hydrogen (secondary N) is 2. The molecule has 110 valence electrons. The molecule has 0 saturated heterocycles. The van der Waals surface area contributed by atoms with E-state index in [0.29, 0.717) is 0 Å². The van der Waals surface area contributed by atoms with E-state index in [1.807, 2.05) is 0 Å². The maximum absolute atomic E-state index is 13.5. The summed E-state index contributed by atoms with van der Waals surface area (Å²) in [5.41, 5.74) is -0.495. The fourth-order valence-electron chi connectivity index (χ4n) is 1.22. The summed E-state index contributed by atoms with van der Waals surface area (Å²) < 4.78 is 34.7. The highest BCUT2D eigenvalue weighted by Gasteiger charge is 2.11. The zero-order chi connectivity index (χ0) is 15.3. The number of carbonyl (C=O) groups is 2. The monoisotopic (exact) mass is 305 g/mol. The van der Waals surface area contributed by atoms with Crippen molar-refractivity contribution in [2.75, 3.05) is 17.6 Å². The molecule has 1 rings (SSSR count). The number of carbonyl (C=O) groups excluding carboxylic acids is 1. The lowest BCUT2D eigenvalue weighted by molar-refractivity contribution is 0.0696. The highest BCUT2D eigenvalue weighted by Crippen LogP contribution is 2.15. The predicted octanol–water partition coefficient (Wildman–Crippen LogP) is -0.0661. The number of hydrogen-bond acceptors (Lipinski definition) is 4. The van der Waals surface area contributed by atoms with Crippen LogP contribution >= 0.6 is 0 Å². The van der Waals surface area contributed by atoms with Crippen LogP contribution in [0.15, 0.2) is 18.2 Å². The molecule has 0 atom stereocenters. The molecule has 0 unspecified atom stereocenters. The average molecular weight is 305 g/mol. The van der Waals surface area contributed by atoms with Crippen LogP contribution in [0.5, 0.6) is 0 Å². The Bertz CT molecular complexity index is 632. The van der Waals surface area contributed by atoms with Gasteiger partial charge < -0.3 is 15.7 Å². The van der Waals surface area contributed by atoms with Gasteiger partial charge in [-0.2, -0.15) is 0 Å². The second-order valence-electron chi connectivity index (χ2n) is 3.75. The summed E-state index contributed by atoms with van der Waals surface area (Å²) in [6.45, 7) is -0.237. The summed E-state index contributed by atoms with van der Waals surface area (Å²) in [4.78, 5) is 21.9. The fourth-order valence-corrected chi connectivity index (χ4v) is 1.61. The summed E-state index contributed by atoms with van der Waals surface area (Å²) in [6, 6.07) is 2.11. The minimum Gasteiger partial charge on any atom is -0.478 e. The average Bonchev–Trinajstić information content (AvgIpc) is 2.29. The topological polar surface area (TPSA) is 139 Å². The van der Waals surface area contributed by atoms with Gasteiger partial charge in [0.25, 0.3) is 0 Å². The van der Waals surface area contributed by atoms with Crippen LogP contribution in [-0.4, -0.2) is 37.8 Å². The minimum atomic E-state index is -3.70. The van der Waals surface area contributed by atoms with Crippen molar-refractivity contribution < 1.29 is 27.5 Å². The van der Waals surface area contributed by atoms with Crippen molar-refractivity contribution in [2.45, 2.75) is 0 Å². The van der Waals surface area contributed by atoms with Gasteiger partial charge in [-0.25, -0.2) is 27.5 Å². The molecule has 0 heterocycles. The first-order valence-electron chi connectivity index (χ1n) is 5.27. The third-order valence-electron chi connectivity index (χ3n) is 2.14. The fraction of sp³-hybridized carbons (Fsp3) is 0.200. The van der Waals surface area contributed by atoms with Gasteiger partial charge in [0, 0.05) is 6.54 Å². The molecule has 0 saturated carbocycles. The number of anilines is 1. The van der Waals surface area contributed by atoms with E-state index in [2.05, 4.69) is 10.6 Å². The number of rotatable bonds is 5. The van der Waals surface area contributed by atoms with Gasteiger partial charge in [0.2, 0.25) is 10.0 Å². The molecule has 0 spiro atoms. The molecule has 0 bridgehead atoms. The largest absolute Gasteiger partial charge is 0.478 e. The smallest absolute Gasteiger partial charge is 0.335 e.